The van der Waals surface area contributed by atoms with Crippen LogP contribution in [0, 0.1) is 5.92 Å². The van der Waals surface area contributed by atoms with Gasteiger partial charge < -0.3 is 20.1 Å². The van der Waals surface area contributed by atoms with Crippen LogP contribution in [0.25, 0.3) is 0 Å². The molecule has 0 aliphatic carbocycles. The van der Waals surface area contributed by atoms with Crippen molar-refractivity contribution in [2.45, 2.75) is 33.3 Å². The number of rotatable bonds is 7. The molecule has 0 saturated heterocycles. The summed E-state index contributed by atoms with van der Waals surface area (Å²) in [5.74, 6) is -1.50. The minimum atomic E-state index is -0.913. The van der Waals surface area contributed by atoms with E-state index in [0.29, 0.717) is 13.2 Å². The van der Waals surface area contributed by atoms with Gasteiger partial charge in [0.15, 0.2) is 0 Å². The normalized spacial score (nSPS) is 12.9. The van der Waals surface area contributed by atoms with E-state index in [2.05, 4.69) is 5.32 Å². The lowest BCUT2D eigenvalue weighted by Crippen LogP contribution is -2.46. The topological polar surface area (TPSA) is 78.9 Å². The number of ether oxygens (including phenoxy) is 1. The SMILES string of the molecule is CCOC(C)(C)CNC(=O)N(C)CC(C)C(=O)O. The molecule has 0 aliphatic heterocycles. The molecule has 0 aromatic carbocycles. The summed E-state index contributed by atoms with van der Waals surface area (Å²) in [6.45, 7) is 8.37. The van der Waals surface area contributed by atoms with E-state index >= 15 is 0 Å². The molecule has 2 N–H and O–H groups in total. The first-order valence-corrected chi connectivity index (χ1v) is 6.05. The number of aliphatic carboxylic acids is 1. The molecule has 6 heteroatoms. The van der Waals surface area contributed by atoms with E-state index in [1.54, 1.807) is 14.0 Å². The Morgan fingerprint density at radius 2 is 2.00 bits per heavy atom. The van der Waals surface area contributed by atoms with Gasteiger partial charge >= 0.3 is 12.0 Å². The second kappa shape index (κ2) is 7.20. The third kappa shape index (κ3) is 6.44. The Kier molecular flexibility index (Phi) is 6.68. The van der Waals surface area contributed by atoms with Crippen molar-refractivity contribution in [3.8, 4) is 0 Å². The van der Waals surface area contributed by atoms with Crippen molar-refractivity contribution < 1.29 is 19.4 Å². The summed E-state index contributed by atoms with van der Waals surface area (Å²) in [6, 6.07) is -0.295. The van der Waals surface area contributed by atoms with Crippen LogP contribution in [0.4, 0.5) is 4.79 Å². The molecule has 0 bridgehead atoms. The van der Waals surface area contributed by atoms with Gasteiger partial charge in [0.25, 0.3) is 0 Å². The molecule has 0 fully saturated rings. The smallest absolute Gasteiger partial charge is 0.317 e. The first-order chi connectivity index (χ1) is 8.19. The number of nitrogens with zero attached hydrogens (tertiary/aromatic N) is 1. The zero-order chi connectivity index (χ0) is 14.3. The Morgan fingerprint density at radius 3 is 2.44 bits per heavy atom. The van der Waals surface area contributed by atoms with Crippen LogP contribution in [0.2, 0.25) is 0 Å². The fourth-order valence-corrected chi connectivity index (χ4v) is 1.44. The molecule has 0 saturated carbocycles. The van der Waals surface area contributed by atoms with E-state index in [9.17, 15) is 9.59 Å². The maximum absolute atomic E-state index is 11.7. The van der Waals surface area contributed by atoms with Gasteiger partial charge in [0.2, 0.25) is 0 Å². The Hall–Kier alpha value is -1.30. The lowest BCUT2D eigenvalue weighted by atomic mass is 10.1. The van der Waals surface area contributed by atoms with Crippen molar-refractivity contribution in [1.82, 2.24) is 10.2 Å². The van der Waals surface area contributed by atoms with Crippen LogP contribution in [0.1, 0.15) is 27.7 Å². The minimum Gasteiger partial charge on any atom is -0.481 e. The predicted octanol–water partition coefficient (Wildman–Crippen LogP) is 1.16. The average molecular weight is 260 g/mol. The molecule has 18 heavy (non-hydrogen) atoms. The van der Waals surface area contributed by atoms with Crippen LogP contribution in [0.5, 0.6) is 0 Å². The molecule has 0 heterocycles. The third-order valence-electron chi connectivity index (χ3n) is 2.52. The molecular formula is C12H24N2O4. The second-order valence-electron chi connectivity index (χ2n) is 4.97. The van der Waals surface area contributed by atoms with Crippen molar-refractivity contribution in [1.29, 1.82) is 0 Å². The highest BCUT2D eigenvalue weighted by molar-refractivity contribution is 5.75. The molecule has 1 atom stereocenters. The summed E-state index contributed by atoms with van der Waals surface area (Å²) >= 11 is 0. The molecule has 0 radical (unpaired) electrons. The molecule has 2 amide bonds. The fraction of sp³-hybridized carbons (Fsp3) is 0.833. The van der Waals surface area contributed by atoms with Crippen molar-refractivity contribution >= 4 is 12.0 Å². The fourth-order valence-electron chi connectivity index (χ4n) is 1.44. The average Bonchev–Trinajstić information content (AvgIpc) is 2.25. The molecule has 0 aromatic rings. The molecule has 0 aromatic heterocycles. The quantitative estimate of drug-likeness (QED) is 0.720. The van der Waals surface area contributed by atoms with Gasteiger partial charge in [0.1, 0.15) is 0 Å². The second-order valence-corrected chi connectivity index (χ2v) is 4.97. The van der Waals surface area contributed by atoms with E-state index in [1.807, 2.05) is 20.8 Å². The van der Waals surface area contributed by atoms with Gasteiger partial charge in [-0.2, -0.15) is 0 Å². The maximum Gasteiger partial charge on any atom is 0.317 e. The minimum absolute atomic E-state index is 0.177. The first-order valence-electron chi connectivity index (χ1n) is 6.05. The molecule has 1 unspecified atom stereocenters. The molecule has 6 nitrogen and oxygen atoms in total. The number of nitrogens with one attached hydrogen (secondary N) is 1. The van der Waals surface area contributed by atoms with Gasteiger partial charge in [-0.25, -0.2) is 4.79 Å². The first kappa shape index (κ1) is 16.7. The molecule has 0 aliphatic rings. The van der Waals surface area contributed by atoms with Crippen LogP contribution in [0.3, 0.4) is 0 Å². The van der Waals surface area contributed by atoms with E-state index in [4.69, 9.17) is 9.84 Å². The number of carboxylic acid groups (broad SMARTS) is 1. The summed E-state index contributed by atoms with van der Waals surface area (Å²) in [5.41, 5.74) is -0.427. The van der Waals surface area contributed by atoms with E-state index in [0.717, 1.165) is 0 Å². The lowest BCUT2D eigenvalue weighted by molar-refractivity contribution is -0.141. The van der Waals surface area contributed by atoms with Gasteiger partial charge in [0, 0.05) is 26.7 Å². The highest BCUT2D eigenvalue weighted by Crippen LogP contribution is 2.07. The number of carboxylic acids is 1. The van der Waals surface area contributed by atoms with Crippen LogP contribution in [0.15, 0.2) is 0 Å². The van der Waals surface area contributed by atoms with E-state index < -0.39 is 17.5 Å². The van der Waals surface area contributed by atoms with Gasteiger partial charge in [-0.05, 0) is 20.8 Å². The van der Waals surface area contributed by atoms with E-state index in [-0.39, 0.29) is 12.6 Å². The van der Waals surface area contributed by atoms with Crippen molar-refractivity contribution in [3.63, 3.8) is 0 Å². The Morgan fingerprint density at radius 1 is 1.44 bits per heavy atom. The summed E-state index contributed by atoms with van der Waals surface area (Å²) in [4.78, 5) is 23.8. The van der Waals surface area contributed by atoms with Crippen LogP contribution in [-0.4, -0.2) is 54.4 Å². The molecular weight excluding hydrogens is 236 g/mol. The van der Waals surface area contributed by atoms with Gasteiger partial charge in [-0.15, -0.1) is 0 Å². The zero-order valence-electron chi connectivity index (χ0n) is 11.8. The Bertz CT molecular complexity index is 292. The highest BCUT2D eigenvalue weighted by Gasteiger charge is 2.21. The summed E-state index contributed by atoms with van der Waals surface area (Å²) < 4.78 is 5.45. The largest absolute Gasteiger partial charge is 0.481 e. The standard InChI is InChI=1S/C12H24N2O4/c1-6-18-12(3,4)8-13-11(17)14(5)7-9(2)10(15)16/h9H,6-8H2,1-5H3,(H,13,17)(H,15,16). The number of amides is 2. The molecule has 0 rings (SSSR count). The summed E-state index contributed by atoms with van der Waals surface area (Å²) in [6.07, 6.45) is 0. The number of urea groups is 1. The molecule has 106 valence electrons. The Labute approximate surface area is 108 Å². The number of carbonyl (C=O) groups is 2. The van der Waals surface area contributed by atoms with Crippen molar-refractivity contribution in [3.05, 3.63) is 0 Å². The van der Waals surface area contributed by atoms with Gasteiger partial charge in [0.05, 0.1) is 11.5 Å². The monoisotopic (exact) mass is 260 g/mol. The summed E-state index contributed by atoms with van der Waals surface area (Å²) in [5, 5.41) is 11.5. The van der Waals surface area contributed by atoms with Crippen molar-refractivity contribution in [2.24, 2.45) is 5.92 Å². The van der Waals surface area contributed by atoms with Gasteiger partial charge in [-0.1, -0.05) is 6.92 Å². The van der Waals surface area contributed by atoms with Crippen LogP contribution in [-0.2, 0) is 9.53 Å². The number of carbonyl (C=O) groups excluding carboxylic acids is 1. The lowest BCUT2D eigenvalue weighted by Gasteiger charge is -2.27. The zero-order valence-corrected chi connectivity index (χ0v) is 11.8. The number of hydrogen-bond donors (Lipinski definition) is 2. The molecule has 0 spiro atoms. The highest BCUT2D eigenvalue weighted by atomic mass is 16.5. The van der Waals surface area contributed by atoms with Crippen molar-refractivity contribution in [2.75, 3.05) is 26.7 Å². The van der Waals surface area contributed by atoms with Crippen LogP contribution < -0.4 is 5.32 Å². The Balaban J connectivity index is 4.13. The number of hydrogen-bond acceptors (Lipinski definition) is 3. The maximum atomic E-state index is 11.7. The predicted molar refractivity (Wildman–Crippen MR) is 68.5 cm³/mol. The third-order valence-corrected chi connectivity index (χ3v) is 2.52. The van der Waals surface area contributed by atoms with Gasteiger partial charge in [-0.3, -0.25) is 4.79 Å². The van der Waals surface area contributed by atoms with E-state index in [1.165, 1.54) is 4.90 Å². The summed E-state index contributed by atoms with van der Waals surface area (Å²) in [7, 11) is 1.57. The van der Waals surface area contributed by atoms with Crippen LogP contribution >= 0.6 is 0 Å².